The van der Waals surface area contributed by atoms with Gasteiger partial charge in [0.05, 0.1) is 9.79 Å². The standard InChI is InChI=1S/C23H27FO4S/c1-23(2,3)28-21(25)13-12-16-8-7-9-17-14-19(15-20(24)22(16)17)29(26,27)18-10-5-4-6-11-18/h4-6,10-11,14-16H,7-9,12-13H2,1-3H3/t16-/m0/s1. The Morgan fingerprint density at radius 2 is 1.83 bits per heavy atom. The molecule has 0 radical (unpaired) electrons. The van der Waals surface area contributed by atoms with Gasteiger partial charge in [0.25, 0.3) is 0 Å². The molecule has 0 aromatic heterocycles. The van der Waals surface area contributed by atoms with E-state index in [1.54, 1.807) is 24.3 Å². The smallest absolute Gasteiger partial charge is 0.306 e. The highest BCUT2D eigenvalue weighted by atomic mass is 32.2. The van der Waals surface area contributed by atoms with Crippen LogP contribution in [0.25, 0.3) is 0 Å². The second-order valence-corrected chi connectivity index (χ2v) is 10.5. The number of sulfone groups is 1. The van der Waals surface area contributed by atoms with Crippen molar-refractivity contribution in [3.8, 4) is 0 Å². The Morgan fingerprint density at radius 1 is 1.14 bits per heavy atom. The van der Waals surface area contributed by atoms with Gasteiger partial charge in [-0.25, -0.2) is 12.8 Å². The first-order valence-corrected chi connectivity index (χ1v) is 11.4. The molecule has 0 fully saturated rings. The minimum atomic E-state index is -3.77. The molecule has 0 spiro atoms. The van der Waals surface area contributed by atoms with Gasteiger partial charge in [0.1, 0.15) is 11.4 Å². The summed E-state index contributed by atoms with van der Waals surface area (Å²) in [7, 11) is -3.77. The van der Waals surface area contributed by atoms with Crippen molar-refractivity contribution in [2.24, 2.45) is 0 Å². The van der Waals surface area contributed by atoms with Crippen molar-refractivity contribution < 1.29 is 22.3 Å². The topological polar surface area (TPSA) is 60.4 Å². The highest BCUT2D eigenvalue weighted by Crippen LogP contribution is 2.38. The average Bonchev–Trinajstić information content (AvgIpc) is 2.65. The van der Waals surface area contributed by atoms with Crippen molar-refractivity contribution in [2.75, 3.05) is 0 Å². The third-order valence-corrected chi connectivity index (χ3v) is 6.83. The monoisotopic (exact) mass is 418 g/mol. The quantitative estimate of drug-likeness (QED) is 0.626. The number of esters is 1. The average molecular weight is 419 g/mol. The Labute approximate surface area is 172 Å². The maximum Gasteiger partial charge on any atom is 0.306 e. The van der Waals surface area contributed by atoms with Crippen LogP contribution >= 0.6 is 0 Å². The summed E-state index contributed by atoms with van der Waals surface area (Å²) in [5.74, 6) is -0.918. The van der Waals surface area contributed by atoms with Crippen LogP contribution in [-0.2, 0) is 25.8 Å². The van der Waals surface area contributed by atoms with Gasteiger partial charge in [-0.1, -0.05) is 18.2 Å². The van der Waals surface area contributed by atoms with Gasteiger partial charge >= 0.3 is 5.97 Å². The molecule has 0 N–H and O–H groups in total. The van der Waals surface area contributed by atoms with Crippen LogP contribution in [0.2, 0.25) is 0 Å². The Bertz CT molecular complexity index is 992. The molecule has 6 heteroatoms. The fraction of sp³-hybridized carbons (Fsp3) is 0.435. The van der Waals surface area contributed by atoms with E-state index in [1.807, 2.05) is 20.8 Å². The molecule has 4 nitrogen and oxygen atoms in total. The van der Waals surface area contributed by atoms with Gasteiger partial charge in [0, 0.05) is 6.42 Å². The number of hydrogen-bond acceptors (Lipinski definition) is 4. The van der Waals surface area contributed by atoms with E-state index in [2.05, 4.69) is 0 Å². The first kappa shape index (κ1) is 21.5. The van der Waals surface area contributed by atoms with Gasteiger partial charge < -0.3 is 4.74 Å². The number of fused-ring (bicyclic) bond motifs is 1. The first-order chi connectivity index (χ1) is 13.6. The van der Waals surface area contributed by atoms with Crippen LogP contribution in [0.3, 0.4) is 0 Å². The van der Waals surface area contributed by atoms with E-state index in [9.17, 15) is 13.2 Å². The van der Waals surface area contributed by atoms with E-state index in [0.717, 1.165) is 24.5 Å². The summed E-state index contributed by atoms with van der Waals surface area (Å²) < 4.78 is 46.1. The molecule has 0 saturated carbocycles. The summed E-state index contributed by atoms with van der Waals surface area (Å²) in [5.41, 5.74) is 0.722. The van der Waals surface area contributed by atoms with Crippen LogP contribution in [0.1, 0.15) is 63.5 Å². The molecule has 1 atom stereocenters. The number of aryl methyl sites for hydroxylation is 1. The highest BCUT2D eigenvalue weighted by molar-refractivity contribution is 7.91. The van der Waals surface area contributed by atoms with Gasteiger partial charge in [-0.05, 0) is 87.8 Å². The van der Waals surface area contributed by atoms with Gasteiger partial charge in [0.2, 0.25) is 9.84 Å². The number of carbonyl (C=O) groups excluding carboxylic acids is 1. The third kappa shape index (κ3) is 5.04. The first-order valence-electron chi connectivity index (χ1n) is 9.92. The highest BCUT2D eigenvalue weighted by Gasteiger charge is 2.28. The van der Waals surface area contributed by atoms with E-state index < -0.39 is 21.3 Å². The fourth-order valence-corrected chi connectivity index (χ4v) is 5.20. The molecule has 29 heavy (non-hydrogen) atoms. The number of hydrogen-bond donors (Lipinski definition) is 0. The van der Waals surface area contributed by atoms with Crippen LogP contribution in [0, 0.1) is 5.82 Å². The number of benzene rings is 2. The molecule has 156 valence electrons. The largest absolute Gasteiger partial charge is 0.460 e. The molecule has 2 aromatic rings. The predicted octanol–water partition coefficient (Wildman–Crippen LogP) is 5.20. The molecule has 0 amide bonds. The zero-order valence-electron chi connectivity index (χ0n) is 17.1. The molecule has 0 heterocycles. The zero-order valence-corrected chi connectivity index (χ0v) is 17.9. The molecule has 1 aliphatic carbocycles. The van der Waals surface area contributed by atoms with Crippen molar-refractivity contribution in [1.29, 1.82) is 0 Å². The van der Waals surface area contributed by atoms with E-state index in [4.69, 9.17) is 4.74 Å². The van der Waals surface area contributed by atoms with Crippen molar-refractivity contribution in [3.63, 3.8) is 0 Å². The van der Waals surface area contributed by atoms with Crippen molar-refractivity contribution >= 4 is 15.8 Å². The van der Waals surface area contributed by atoms with Crippen LogP contribution in [0.4, 0.5) is 4.39 Å². The van der Waals surface area contributed by atoms with E-state index in [-0.39, 0.29) is 28.1 Å². The van der Waals surface area contributed by atoms with Gasteiger partial charge in [-0.3, -0.25) is 4.79 Å². The molecule has 0 bridgehead atoms. The SMILES string of the molecule is CC(C)(C)OC(=O)CC[C@@H]1CCCc2cc(S(=O)(=O)c3ccccc3)cc(F)c21. The summed E-state index contributed by atoms with van der Waals surface area (Å²) >= 11 is 0. The molecular formula is C23H27FO4S. The lowest BCUT2D eigenvalue weighted by Gasteiger charge is -2.27. The van der Waals surface area contributed by atoms with Crippen LogP contribution in [-0.4, -0.2) is 20.0 Å². The molecule has 3 rings (SSSR count). The van der Waals surface area contributed by atoms with Crippen LogP contribution in [0.15, 0.2) is 52.3 Å². The summed E-state index contributed by atoms with van der Waals surface area (Å²) in [6, 6.07) is 10.8. The molecular weight excluding hydrogens is 391 g/mol. The van der Waals surface area contributed by atoms with Crippen molar-refractivity contribution in [1.82, 2.24) is 0 Å². The minimum absolute atomic E-state index is 0.0206. The normalized spacial score (nSPS) is 16.9. The summed E-state index contributed by atoms with van der Waals surface area (Å²) in [5, 5.41) is 0. The second kappa shape index (κ2) is 8.27. The second-order valence-electron chi connectivity index (χ2n) is 8.51. The van der Waals surface area contributed by atoms with Gasteiger partial charge in [0.15, 0.2) is 0 Å². The number of ether oxygens (including phenoxy) is 1. The Kier molecular flexibility index (Phi) is 6.13. The summed E-state index contributed by atoms with van der Waals surface area (Å²) in [6.07, 6.45) is 2.94. The zero-order chi connectivity index (χ0) is 21.2. The number of halogens is 1. The van der Waals surface area contributed by atoms with E-state index in [0.29, 0.717) is 18.4 Å². The third-order valence-electron chi connectivity index (χ3n) is 5.08. The van der Waals surface area contributed by atoms with E-state index in [1.165, 1.54) is 12.1 Å². The lowest BCUT2D eigenvalue weighted by Crippen LogP contribution is -2.24. The minimum Gasteiger partial charge on any atom is -0.460 e. The molecule has 0 saturated heterocycles. The maximum atomic E-state index is 15.0. The summed E-state index contributed by atoms with van der Waals surface area (Å²) in [6.45, 7) is 5.44. The van der Waals surface area contributed by atoms with Gasteiger partial charge in [-0.15, -0.1) is 0 Å². The molecule has 0 unspecified atom stereocenters. The number of carbonyl (C=O) groups is 1. The van der Waals surface area contributed by atoms with Crippen molar-refractivity contribution in [3.05, 3.63) is 59.4 Å². The fourth-order valence-electron chi connectivity index (χ4n) is 3.86. The van der Waals surface area contributed by atoms with E-state index >= 15 is 4.39 Å². The Morgan fingerprint density at radius 3 is 2.48 bits per heavy atom. The predicted molar refractivity (Wildman–Crippen MR) is 109 cm³/mol. The maximum absolute atomic E-state index is 15.0. The Balaban J connectivity index is 1.85. The lowest BCUT2D eigenvalue weighted by atomic mass is 9.80. The lowest BCUT2D eigenvalue weighted by molar-refractivity contribution is -0.155. The molecule has 2 aromatic carbocycles. The van der Waals surface area contributed by atoms with Crippen LogP contribution in [0.5, 0.6) is 0 Å². The molecule has 0 aliphatic heterocycles. The van der Waals surface area contributed by atoms with Crippen molar-refractivity contribution in [2.45, 2.75) is 74.2 Å². The van der Waals surface area contributed by atoms with Crippen LogP contribution < -0.4 is 0 Å². The Hall–Kier alpha value is -2.21. The number of rotatable bonds is 5. The molecule has 1 aliphatic rings. The van der Waals surface area contributed by atoms with Gasteiger partial charge in [-0.2, -0.15) is 0 Å². The summed E-state index contributed by atoms with van der Waals surface area (Å²) in [4.78, 5) is 12.2.